The summed E-state index contributed by atoms with van der Waals surface area (Å²) >= 11 is 5.67. The lowest BCUT2D eigenvalue weighted by atomic mass is 10.1. The number of halogens is 1. The third kappa shape index (κ3) is 1.80. The number of allylic oxidation sites excluding steroid dienone is 1. The van der Waals surface area contributed by atoms with Gasteiger partial charge in [-0.15, -0.1) is 0 Å². The van der Waals surface area contributed by atoms with Crippen molar-refractivity contribution < 1.29 is 9.72 Å². The zero-order chi connectivity index (χ0) is 10.7. The summed E-state index contributed by atoms with van der Waals surface area (Å²) in [4.78, 5) is 21.2. The third-order valence-electron chi connectivity index (χ3n) is 1.62. The van der Waals surface area contributed by atoms with Crippen molar-refractivity contribution in [3.05, 3.63) is 51.6 Å². The maximum absolute atomic E-state index is 11.3. The van der Waals surface area contributed by atoms with Crippen molar-refractivity contribution >= 4 is 23.1 Å². The van der Waals surface area contributed by atoms with Gasteiger partial charge in [-0.25, -0.2) is 0 Å². The smallest absolute Gasteiger partial charge is 0.282 e. The minimum absolute atomic E-state index is 0.0594. The molecule has 0 aromatic heterocycles. The molecule has 1 aromatic carbocycles. The van der Waals surface area contributed by atoms with E-state index in [0.29, 0.717) is 0 Å². The SMILES string of the molecule is C=CC(=O)c1c(Cl)cccc1[N+](=O)[O-]. The highest BCUT2D eigenvalue weighted by atomic mass is 35.5. The highest BCUT2D eigenvalue weighted by molar-refractivity contribution is 6.35. The summed E-state index contributed by atoms with van der Waals surface area (Å²) < 4.78 is 0. The minimum atomic E-state index is -0.650. The second-order valence-electron chi connectivity index (χ2n) is 2.46. The van der Waals surface area contributed by atoms with Crippen LogP contribution in [0, 0.1) is 10.1 Å². The molecule has 4 nitrogen and oxygen atoms in total. The number of nitrogens with zero attached hydrogens (tertiary/aromatic N) is 1. The highest BCUT2D eigenvalue weighted by Crippen LogP contribution is 2.26. The van der Waals surface area contributed by atoms with Gasteiger partial charge in [-0.05, 0) is 12.1 Å². The maximum Gasteiger partial charge on any atom is 0.282 e. The molecule has 5 heteroatoms. The number of hydrogen-bond acceptors (Lipinski definition) is 3. The molecule has 1 rings (SSSR count). The fourth-order valence-corrected chi connectivity index (χ4v) is 1.27. The molecule has 0 fully saturated rings. The number of carbonyl (C=O) groups is 1. The van der Waals surface area contributed by atoms with Crippen LogP contribution in [0.4, 0.5) is 5.69 Å². The number of benzene rings is 1. The minimum Gasteiger partial charge on any atom is -0.289 e. The lowest BCUT2D eigenvalue weighted by molar-refractivity contribution is -0.385. The van der Waals surface area contributed by atoms with Gasteiger partial charge in [-0.1, -0.05) is 24.2 Å². The first kappa shape index (κ1) is 10.4. The van der Waals surface area contributed by atoms with Gasteiger partial charge in [0, 0.05) is 6.07 Å². The van der Waals surface area contributed by atoms with Crippen molar-refractivity contribution in [1.29, 1.82) is 0 Å². The molecule has 0 bridgehead atoms. The van der Waals surface area contributed by atoms with Gasteiger partial charge in [-0.3, -0.25) is 14.9 Å². The summed E-state index contributed by atoms with van der Waals surface area (Å²) in [5.41, 5.74) is -0.420. The van der Waals surface area contributed by atoms with Crippen molar-refractivity contribution in [2.75, 3.05) is 0 Å². The molecule has 0 aliphatic rings. The second-order valence-corrected chi connectivity index (χ2v) is 2.87. The quantitative estimate of drug-likeness (QED) is 0.334. The fourth-order valence-electron chi connectivity index (χ4n) is 1.01. The Morgan fingerprint density at radius 1 is 1.57 bits per heavy atom. The van der Waals surface area contributed by atoms with E-state index in [1.54, 1.807) is 0 Å². The van der Waals surface area contributed by atoms with Crippen molar-refractivity contribution in [3.8, 4) is 0 Å². The number of nitro groups is 1. The molecule has 0 unspecified atom stereocenters. The Morgan fingerprint density at radius 2 is 2.21 bits per heavy atom. The van der Waals surface area contributed by atoms with E-state index < -0.39 is 10.7 Å². The van der Waals surface area contributed by atoms with Gasteiger partial charge in [-0.2, -0.15) is 0 Å². The number of nitro benzene ring substituents is 1. The molecule has 0 saturated heterocycles. The van der Waals surface area contributed by atoms with Gasteiger partial charge in [0.1, 0.15) is 5.56 Å². The zero-order valence-corrected chi connectivity index (χ0v) is 7.82. The molecule has 72 valence electrons. The summed E-state index contributed by atoms with van der Waals surface area (Å²) in [5, 5.41) is 10.6. The fraction of sp³-hybridized carbons (Fsp3) is 0. The van der Waals surface area contributed by atoms with Gasteiger partial charge in [0.15, 0.2) is 5.78 Å². The van der Waals surface area contributed by atoms with E-state index >= 15 is 0 Å². The maximum atomic E-state index is 11.3. The highest BCUT2D eigenvalue weighted by Gasteiger charge is 2.20. The number of rotatable bonds is 3. The summed E-state index contributed by atoms with van der Waals surface area (Å²) in [6.45, 7) is 3.25. The van der Waals surface area contributed by atoms with Gasteiger partial charge in [0.25, 0.3) is 5.69 Å². The van der Waals surface area contributed by atoms with Crippen molar-refractivity contribution in [2.45, 2.75) is 0 Å². The van der Waals surface area contributed by atoms with Crippen molar-refractivity contribution in [3.63, 3.8) is 0 Å². The zero-order valence-electron chi connectivity index (χ0n) is 7.07. The average Bonchev–Trinajstić information content (AvgIpc) is 2.16. The monoisotopic (exact) mass is 211 g/mol. The molecule has 14 heavy (non-hydrogen) atoms. The Morgan fingerprint density at radius 3 is 2.71 bits per heavy atom. The van der Waals surface area contributed by atoms with E-state index in [4.69, 9.17) is 11.6 Å². The standard InChI is InChI=1S/C9H6ClNO3/c1-2-8(12)9-6(10)4-3-5-7(9)11(13)14/h2-5H,1H2. The molecule has 0 saturated carbocycles. The van der Waals surface area contributed by atoms with Gasteiger partial charge >= 0.3 is 0 Å². The van der Waals surface area contributed by atoms with E-state index in [1.807, 2.05) is 0 Å². The Kier molecular flexibility index (Phi) is 2.99. The average molecular weight is 212 g/mol. The van der Waals surface area contributed by atoms with Crippen LogP contribution < -0.4 is 0 Å². The molecule has 0 atom stereocenters. The predicted octanol–water partition coefficient (Wildman–Crippen LogP) is 2.62. The van der Waals surface area contributed by atoms with Crippen molar-refractivity contribution in [1.82, 2.24) is 0 Å². The van der Waals surface area contributed by atoms with E-state index in [9.17, 15) is 14.9 Å². The van der Waals surface area contributed by atoms with Crippen LogP contribution in [0.5, 0.6) is 0 Å². The van der Waals surface area contributed by atoms with Crippen LogP contribution in [-0.4, -0.2) is 10.7 Å². The van der Waals surface area contributed by atoms with Gasteiger partial charge in [0.2, 0.25) is 0 Å². The van der Waals surface area contributed by atoms with Crippen LogP contribution in [0.3, 0.4) is 0 Å². The molecule has 0 radical (unpaired) electrons. The van der Waals surface area contributed by atoms with Crippen molar-refractivity contribution in [2.24, 2.45) is 0 Å². The molecule has 0 aliphatic heterocycles. The Hall–Kier alpha value is -1.68. The summed E-state index contributed by atoms with van der Waals surface area (Å²) in [6.07, 6.45) is 0.994. The van der Waals surface area contributed by atoms with Gasteiger partial charge in [0.05, 0.1) is 9.95 Å². The first-order valence-corrected chi connectivity index (χ1v) is 4.05. The predicted molar refractivity (Wildman–Crippen MR) is 52.6 cm³/mol. The van der Waals surface area contributed by atoms with Crippen LogP contribution in [0.1, 0.15) is 10.4 Å². The topological polar surface area (TPSA) is 60.2 Å². The van der Waals surface area contributed by atoms with E-state index in [0.717, 1.165) is 6.08 Å². The largest absolute Gasteiger partial charge is 0.289 e. The summed E-state index contributed by atoms with van der Waals surface area (Å²) in [7, 11) is 0. The first-order valence-electron chi connectivity index (χ1n) is 3.67. The van der Waals surface area contributed by atoms with Crippen LogP contribution in [0.2, 0.25) is 5.02 Å². The molecule has 0 spiro atoms. The molecular weight excluding hydrogens is 206 g/mol. The summed E-state index contributed by atoms with van der Waals surface area (Å²) in [5.74, 6) is -0.553. The number of hydrogen-bond donors (Lipinski definition) is 0. The number of carbonyl (C=O) groups excluding carboxylic acids is 1. The van der Waals surface area contributed by atoms with E-state index in [1.165, 1.54) is 18.2 Å². The Balaban J connectivity index is 3.44. The first-order chi connectivity index (χ1) is 6.57. The molecule has 0 amide bonds. The van der Waals surface area contributed by atoms with Crippen LogP contribution >= 0.6 is 11.6 Å². The second kappa shape index (κ2) is 4.02. The van der Waals surface area contributed by atoms with Gasteiger partial charge < -0.3 is 0 Å². The lowest BCUT2D eigenvalue weighted by Crippen LogP contribution is -2.01. The summed E-state index contributed by atoms with van der Waals surface area (Å²) in [6, 6.07) is 4.06. The van der Waals surface area contributed by atoms with Crippen LogP contribution in [0.25, 0.3) is 0 Å². The molecule has 1 aromatic rings. The Bertz CT molecular complexity index is 415. The molecule has 0 N–H and O–H groups in total. The van der Waals surface area contributed by atoms with E-state index in [2.05, 4.69) is 6.58 Å². The Labute approximate surface area is 85.0 Å². The van der Waals surface area contributed by atoms with Crippen LogP contribution in [0.15, 0.2) is 30.9 Å². The normalized spacial score (nSPS) is 9.50. The molecular formula is C9H6ClNO3. The lowest BCUT2D eigenvalue weighted by Gasteiger charge is -2.00. The van der Waals surface area contributed by atoms with E-state index in [-0.39, 0.29) is 16.3 Å². The number of ketones is 1. The third-order valence-corrected chi connectivity index (χ3v) is 1.94. The molecule has 0 aliphatic carbocycles. The van der Waals surface area contributed by atoms with Crippen LogP contribution in [-0.2, 0) is 0 Å². The molecule has 0 heterocycles.